The molecule has 1 heterocycles. The van der Waals surface area contributed by atoms with Crippen LogP contribution in [0.3, 0.4) is 0 Å². The lowest BCUT2D eigenvalue weighted by Crippen LogP contribution is -2.43. The third kappa shape index (κ3) is 1.48. The van der Waals surface area contributed by atoms with Gasteiger partial charge in [-0.2, -0.15) is 5.10 Å². The number of aromatic amines is 1. The first-order chi connectivity index (χ1) is 8.33. The number of H-pyrrole nitrogens is 1. The van der Waals surface area contributed by atoms with Gasteiger partial charge < -0.3 is 5.73 Å². The zero-order valence-corrected chi connectivity index (χ0v) is 10.2. The fraction of sp³-hybridized carbons (Fsp3) is 0.786. The molecule has 0 spiro atoms. The second kappa shape index (κ2) is 3.58. The largest absolute Gasteiger partial charge is 0.325 e. The molecule has 92 valence electrons. The molecule has 1 aromatic heterocycles. The van der Waals surface area contributed by atoms with Crippen molar-refractivity contribution in [1.82, 2.24) is 10.2 Å². The Morgan fingerprint density at radius 1 is 1.12 bits per heavy atom. The number of nitrogens with zero attached hydrogens (tertiary/aromatic N) is 1. The first-order valence-corrected chi connectivity index (χ1v) is 7.07. The van der Waals surface area contributed by atoms with Gasteiger partial charge in [0.05, 0.1) is 5.69 Å². The van der Waals surface area contributed by atoms with Crippen LogP contribution in [0.25, 0.3) is 0 Å². The van der Waals surface area contributed by atoms with Crippen molar-refractivity contribution in [3.63, 3.8) is 0 Å². The standard InChI is InChI=1S/C14H21N3/c15-7-12-6-13(17-16-12)14-10-2-8-1-9(4-10)5-11(14)3-8/h6,8-11,14H,1-5,7,15H2,(H,16,17). The molecule has 17 heavy (non-hydrogen) atoms. The van der Waals surface area contributed by atoms with Crippen molar-refractivity contribution in [3.05, 3.63) is 17.5 Å². The summed E-state index contributed by atoms with van der Waals surface area (Å²) in [5.41, 5.74) is 8.06. The van der Waals surface area contributed by atoms with E-state index in [-0.39, 0.29) is 0 Å². The zero-order valence-electron chi connectivity index (χ0n) is 10.2. The summed E-state index contributed by atoms with van der Waals surface area (Å²) in [6.45, 7) is 0.584. The summed E-state index contributed by atoms with van der Waals surface area (Å²) in [7, 11) is 0. The Kier molecular flexibility index (Phi) is 2.13. The second-order valence-corrected chi connectivity index (χ2v) is 6.48. The molecular weight excluding hydrogens is 210 g/mol. The van der Waals surface area contributed by atoms with Crippen molar-refractivity contribution in [2.24, 2.45) is 29.4 Å². The van der Waals surface area contributed by atoms with E-state index in [1.165, 1.54) is 37.8 Å². The van der Waals surface area contributed by atoms with Crippen LogP contribution >= 0.6 is 0 Å². The van der Waals surface area contributed by atoms with Gasteiger partial charge in [-0.3, -0.25) is 5.10 Å². The molecule has 0 atom stereocenters. The third-order valence-electron chi connectivity index (χ3n) is 5.44. The fourth-order valence-corrected chi connectivity index (χ4v) is 5.06. The molecule has 0 unspecified atom stereocenters. The SMILES string of the molecule is NCc1cc(C2C3CC4CC(C3)CC2C4)n[nH]1. The molecule has 1 aromatic rings. The highest BCUT2D eigenvalue weighted by Crippen LogP contribution is 2.59. The Balaban J connectivity index is 1.65. The predicted octanol–water partition coefficient (Wildman–Crippen LogP) is 2.41. The molecule has 0 amide bonds. The Morgan fingerprint density at radius 3 is 2.29 bits per heavy atom. The monoisotopic (exact) mass is 231 g/mol. The van der Waals surface area contributed by atoms with Crippen molar-refractivity contribution in [2.75, 3.05) is 0 Å². The first kappa shape index (κ1) is 10.1. The molecule has 4 fully saturated rings. The van der Waals surface area contributed by atoms with Crippen molar-refractivity contribution >= 4 is 0 Å². The molecule has 4 saturated carbocycles. The molecule has 5 rings (SSSR count). The summed E-state index contributed by atoms with van der Waals surface area (Å²) in [5.74, 6) is 4.66. The quantitative estimate of drug-likeness (QED) is 0.821. The average molecular weight is 231 g/mol. The van der Waals surface area contributed by atoms with Crippen LogP contribution in [-0.2, 0) is 6.54 Å². The molecule has 0 saturated heterocycles. The normalized spacial score (nSPS) is 43.2. The van der Waals surface area contributed by atoms with Gasteiger partial charge in [0, 0.05) is 18.2 Å². The minimum atomic E-state index is 0.584. The van der Waals surface area contributed by atoms with Gasteiger partial charge >= 0.3 is 0 Å². The molecule has 4 aliphatic rings. The number of nitrogens with two attached hydrogens (primary N) is 1. The smallest absolute Gasteiger partial charge is 0.0661 e. The summed E-state index contributed by atoms with van der Waals surface area (Å²) in [4.78, 5) is 0. The maximum absolute atomic E-state index is 5.67. The zero-order chi connectivity index (χ0) is 11.4. The average Bonchev–Trinajstić information content (AvgIpc) is 2.76. The molecule has 0 aliphatic heterocycles. The van der Waals surface area contributed by atoms with E-state index in [4.69, 9.17) is 5.73 Å². The van der Waals surface area contributed by atoms with Crippen LogP contribution in [-0.4, -0.2) is 10.2 Å². The predicted molar refractivity (Wildman–Crippen MR) is 66.3 cm³/mol. The molecule has 3 nitrogen and oxygen atoms in total. The lowest BCUT2D eigenvalue weighted by atomic mass is 9.51. The summed E-state index contributed by atoms with van der Waals surface area (Å²) < 4.78 is 0. The highest BCUT2D eigenvalue weighted by molar-refractivity contribution is 5.19. The molecule has 4 bridgehead atoms. The van der Waals surface area contributed by atoms with E-state index in [9.17, 15) is 0 Å². The van der Waals surface area contributed by atoms with Crippen LogP contribution in [0.15, 0.2) is 6.07 Å². The summed E-state index contributed by atoms with van der Waals surface area (Å²) >= 11 is 0. The Bertz CT molecular complexity index is 395. The number of nitrogens with one attached hydrogen (secondary N) is 1. The number of hydrogen-bond donors (Lipinski definition) is 2. The van der Waals surface area contributed by atoms with Gasteiger partial charge in [0.25, 0.3) is 0 Å². The van der Waals surface area contributed by atoms with Gasteiger partial charge in [0.15, 0.2) is 0 Å². The Morgan fingerprint density at radius 2 is 1.76 bits per heavy atom. The minimum absolute atomic E-state index is 0.584. The molecule has 0 radical (unpaired) electrons. The molecule has 4 aliphatic carbocycles. The van der Waals surface area contributed by atoms with Crippen LogP contribution in [0.5, 0.6) is 0 Å². The highest BCUT2D eigenvalue weighted by Gasteiger charge is 2.49. The Labute approximate surface area is 102 Å². The van der Waals surface area contributed by atoms with E-state index in [1.807, 2.05) is 0 Å². The lowest BCUT2D eigenvalue weighted by Gasteiger charge is -2.54. The minimum Gasteiger partial charge on any atom is -0.325 e. The van der Waals surface area contributed by atoms with Crippen molar-refractivity contribution < 1.29 is 0 Å². The maximum Gasteiger partial charge on any atom is 0.0661 e. The van der Waals surface area contributed by atoms with Crippen LogP contribution in [0, 0.1) is 23.7 Å². The van der Waals surface area contributed by atoms with E-state index in [0.29, 0.717) is 6.54 Å². The van der Waals surface area contributed by atoms with Gasteiger partial charge in [0.1, 0.15) is 0 Å². The molecule has 3 heteroatoms. The van der Waals surface area contributed by atoms with Crippen molar-refractivity contribution in [1.29, 1.82) is 0 Å². The number of hydrogen-bond acceptors (Lipinski definition) is 2. The van der Waals surface area contributed by atoms with Gasteiger partial charge in [-0.15, -0.1) is 0 Å². The maximum atomic E-state index is 5.67. The molecule has 0 aromatic carbocycles. The van der Waals surface area contributed by atoms with E-state index in [1.54, 1.807) is 0 Å². The van der Waals surface area contributed by atoms with Crippen LogP contribution < -0.4 is 5.73 Å². The van der Waals surface area contributed by atoms with E-state index >= 15 is 0 Å². The van der Waals surface area contributed by atoms with Crippen molar-refractivity contribution in [3.8, 4) is 0 Å². The van der Waals surface area contributed by atoms with Gasteiger partial charge in [-0.05, 0) is 61.8 Å². The summed E-state index contributed by atoms with van der Waals surface area (Å²) in [6.07, 6.45) is 7.37. The highest BCUT2D eigenvalue weighted by atomic mass is 15.1. The van der Waals surface area contributed by atoms with Crippen LogP contribution in [0.1, 0.15) is 49.4 Å². The van der Waals surface area contributed by atoms with Gasteiger partial charge in [-0.25, -0.2) is 0 Å². The lowest BCUT2D eigenvalue weighted by molar-refractivity contribution is -0.00416. The summed E-state index contributed by atoms with van der Waals surface area (Å²) in [5, 5.41) is 7.62. The van der Waals surface area contributed by atoms with Crippen molar-refractivity contribution in [2.45, 2.75) is 44.6 Å². The van der Waals surface area contributed by atoms with Gasteiger partial charge in [0.2, 0.25) is 0 Å². The number of rotatable bonds is 2. The summed E-state index contributed by atoms with van der Waals surface area (Å²) in [6, 6.07) is 2.22. The van der Waals surface area contributed by atoms with E-state index in [2.05, 4.69) is 16.3 Å². The number of aromatic nitrogens is 2. The topological polar surface area (TPSA) is 54.7 Å². The molecule has 3 N–H and O–H groups in total. The fourth-order valence-electron chi connectivity index (χ4n) is 5.06. The van der Waals surface area contributed by atoms with Crippen LogP contribution in [0.2, 0.25) is 0 Å². The van der Waals surface area contributed by atoms with E-state index in [0.717, 1.165) is 35.3 Å². The molecular formula is C14H21N3. The van der Waals surface area contributed by atoms with Crippen LogP contribution in [0.4, 0.5) is 0 Å². The third-order valence-corrected chi connectivity index (χ3v) is 5.44. The van der Waals surface area contributed by atoms with Gasteiger partial charge in [-0.1, -0.05) is 0 Å². The van der Waals surface area contributed by atoms with E-state index < -0.39 is 0 Å². The second-order valence-electron chi connectivity index (χ2n) is 6.48. The first-order valence-electron chi connectivity index (χ1n) is 7.07. The Hall–Kier alpha value is -0.830.